The van der Waals surface area contributed by atoms with Gasteiger partial charge in [-0.15, -0.1) is 0 Å². The first-order chi connectivity index (χ1) is 10.2. The van der Waals surface area contributed by atoms with E-state index in [1.54, 1.807) is 0 Å². The molecule has 1 atom stereocenters. The van der Waals surface area contributed by atoms with Gasteiger partial charge >= 0.3 is 0 Å². The summed E-state index contributed by atoms with van der Waals surface area (Å²) in [7, 11) is 0. The number of aliphatic hydroxyl groups excluding tert-OH is 1. The van der Waals surface area contributed by atoms with E-state index in [-0.39, 0.29) is 0 Å². The van der Waals surface area contributed by atoms with E-state index in [2.05, 4.69) is 0 Å². The van der Waals surface area contributed by atoms with Crippen LogP contribution in [0.25, 0.3) is 0 Å². The Kier molecular flexibility index (Phi) is 3.84. The second-order valence-electron chi connectivity index (χ2n) is 5.46. The maximum atomic E-state index is 10.7. The second-order valence-corrected chi connectivity index (χ2v) is 5.46. The first-order valence-electron chi connectivity index (χ1n) is 7.30. The number of fused-ring (bicyclic) bond motifs is 1. The summed E-state index contributed by atoms with van der Waals surface area (Å²) in [4.78, 5) is 0. The van der Waals surface area contributed by atoms with Crippen LogP contribution in [0.3, 0.4) is 0 Å². The highest BCUT2D eigenvalue weighted by Gasteiger charge is 2.18. The molecule has 110 valence electrons. The monoisotopic (exact) mass is 284 g/mol. The van der Waals surface area contributed by atoms with Gasteiger partial charge in [-0.25, -0.2) is 0 Å². The molecule has 0 spiro atoms. The summed E-state index contributed by atoms with van der Waals surface area (Å²) in [6.07, 6.45) is 0.229. The molecule has 21 heavy (non-hydrogen) atoms. The summed E-state index contributed by atoms with van der Waals surface area (Å²) in [5.74, 6) is 1.47. The van der Waals surface area contributed by atoms with Crippen molar-refractivity contribution < 1.29 is 14.6 Å². The fourth-order valence-corrected chi connectivity index (χ4v) is 2.78. The predicted octanol–water partition coefficient (Wildman–Crippen LogP) is 3.55. The highest BCUT2D eigenvalue weighted by Crippen LogP contribution is 2.35. The van der Waals surface area contributed by atoms with Crippen LogP contribution < -0.4 is 9.47 Å². The third kappa shape index (κ3) is 2.74. The van der Waals surface area contributed by atoms with Gasteiger partial charge in [0.15, 0.2) is 11.5 Å². The summed E-state index contributed by atoms with van der Waals surface area (Å²) in [6.45, 7) is 5.37. The van der Waals surface area contributed by atoms with Crippen molar-refractivity contribution in [1.82, 2.24) is 0 Å². The van der Waals surface area contributed by atoms with Gasteiger partial charge in [0.1, 0.15) is 6.10 Å². The molecule has 1 heterocycles. The molecule has 2 aromatic carbocycles. The van der Waals surface area contributed by atoms with E-state index in [4.69, 9.17) is 9.47 Å². The Morgan fingerprint density at radius 3 is 2.33 bits per heavy atom. The van der Waals surface area contributed by atoms with E-state index in [1.165, 1.54) is 0 Å². The quantitative estimate of drug-likeness (QED) is 0.916. The van der Waals surface area contributed by atoms with Crippen molar-refractivity contribution in [3.63, 3.8) is 0 Å². The van der Waals surface area contributed by atoms with Gasteiger partial charge < -0.3 is 14.6 Å². The van der Waals surface area contributed by atoms with E-state index >= 15 is 0 Å². The SMILES string of the molecule is Cc1cccc(C)c1C(O)c1ccc2c(c1)OCCCO2. The molecule has 0 saturated heterocycles. The zero-order chi connectivity index (χ0) is 14.8. The average molecular weight is 284 g/mol. The summed E-state index contributed by atoms with van der Waals surface area (Å²) < 4.78 is 11.3. The van der Waals surface area contributed by atoms with Crippen LogP contribution in [0.4, 0.5) is 0 Å². The van der Waals surface area contributed by atoms with Gasteiger partial charge in [0.05, 0.1) is 13.2 Å². The topological polar surface area (TPSA) is 38.7 Å². The molecule has 2 aromatic rings. The third-order valence-electron chi connectivity index (χ3n) is 3.90. The van der Waals surface area contributed by atoms with Crippen molar-refractivity contribution in [1.29, 1.82) is 0 Å². The normalized spacial score (nSPS) is 15.4. The van der Waals surface area contributed by atoms with Crippen molar-refractivity contribution in [2.75, 3.05) is 13.2 Å². The van der Waals surface area contributed by atoms with Crippen LogP contribution in [0.15, 0.2) is 36.4 Å². The van der Waals surface area contributed by atoms with E-state index in [1.807, 2.05) is 50.2 Å². The first kappa shape index (κ1) is 14.0. The minimum absolute atomic E-state index is 0.649. The molecule has 3 heteroatoms. The number of aliphatic hydroxyl groups is 1. The van der Waals surface area contributed by atoms with Crippen LogP contribution >= 0.6 is 0 Å². The lowest BCUT2D eigenvalue weighted by molar-refractivity contribution is 0.218. The fourth-order valence-electron chi connectivity index (χ4n) is 2.78. The largest absolute Gasteiger partial charge is 0.490 e. The zero-order valence-electron chi connectivity index (χ0n) is 12.4. The van der Waals surface area contributed by atoms with Crippen LogP contribution in [0.1, 0.15) is 34.8 Å². The Bertz CT molecular complexity index is 629. The van der Waals surface area contributed by atoms with Crippen LogP contribution in [-0.2, 0) is 0 Å². The molecule has 0 radical (unpaired) electrons. The summed E-state index contributed by atoms with van der Waals surface area (Å²) >= 11 is 0. The number of aryl methyl sites for hydroxylation is 2. The molecule has 3 nitrogen and oxygen atoms in total. The fraction of sp³-hybridized carbons (Fsp3) is 0.333. The smallest absolute Gasteiger partial charge is 0.161 e. The minimum atomic E-state index is -0.650. The molecule has 0 bridgehead atoms. The van der Waals surface area contributed by atoms with Gasteiger partial charge in [0.2, 0.25) is 0 Å². The maximum absolute atomic E-state index is 10.7. The number of hydrogen-bond donors (Lipinski definition) is 1. The van der Waals surface area contributed by atoms with E-state index < -0.39 is 6.10 Å². The van der Waals surface area contributed by atoms with E-state index in [9.17, 15) is 5.11 Å². The Balaban J connectivity index is 1.98. The van der Waals surface area contributed by atoms with Gasteiger partial charge in [-0.1, -0.05) is 24.3 Å². The number of benzene rings is 2. The van der Waals surface area contributed by atoms with Gasteiger partial charge in [-0.05, 0) is 48.2 Å². The Hall–Kier alpha value is -2.00. The highest BCUT2D eigenvalue weighted by molar-refractivity contribution is 5.47. The maximum Gasteiger partial charge on any atom is 0.161 e. The van der Waals surface area contributed by atoms with E-state index in [0.29, 0.717) is 13.2 Å². The standard InChI is InChI=1S/C18H20O3/c1-12-5-3-6-13(2)17(12)18(19)14-7-8-15-16(11-14)21-10-4-9-20-15/h3,5-8,11,18-19H,4,9-10H2,1-2H3. The minimum Gasteiger partial charge on any atom is -0.490 e. The molecular weight excluding hydrogens is 264 g/mol. The van der Waals surface area contributed by atoms with Gasteiger partial charge in [0, 0.05) is 6.42 Å². The average Bonchev–Trinajstić information content (AvgIpc) is 2.71. The summed E-state index contributed by atoms with van der Waals surface area (Å²) in [5.41, 5.74) is 3.98. The van der Waals surface area contributed by atoms with Crippen molar-refractivity contribution in [2.45, 2.75) is 26.4 Å². The third-order valence-corrected chi connectivity index (χ3v) is 3.90. The molecule has 0 aliphatic carbocycles. The molecule has 3 rings (SSSR count). The Labute approximate surface area is 125 Å². The van der Waals surface area contributed by atoms with Crippen molar-refractivity contribution in [3.8, 4) is 11.5 Å². The van der Waals surface area contributed by atoms with Gasteiger partial charge in [-0.2, -0.15) is 0 Å². The summed E-state index contributed by atoms with van der Waals surface area (Å²) in [5, 5.41) is 10.7. The number of ether oxygens (including phenoxy) is 2. The molecule has 0 amide bonds. The Morgan fingerprint density at radius 2 is 1.62 bits per heavy atom. The molecule has 0 saturated carbocycles. The molecule has 1 unspecified atom stereocenters. The number of rotatable bonds is 2. The lowest BCUT2D eigenvalue weighted by Gasteiger charge is -2.18. The Morgan fingerprint density at radius 1 is 0.952 bits per heavy atom. The lowest BCUT2D eigenvalue weighted by Crippen LogP contribution is -2.05. The van der Waals surface area contributed by atoms with Gasteiger partial charge in [-0.3, -0.25) is 0 Å². The first-order valence-corrected chi connectivity index (χ1v) is 7.30. The summed E-state index contributed by atoms with van der Waals surface area (Å²) in [6, 6.07) is 11.7. The molecule has 1 aliphatic heterocycles. The molecule has 1 N–H and O–H groups in total. The molecule has 0 fully saturated rings. The van der Waals surface area contributed by atoms with Gasteiger partial charge in [0.25, 0.3) is 0 Å². The predicted molar refractivity (Wildman–Crippen MR) is 82.0 cm³/mol. The molecule has 0 aromatic heterocycles. The second kappa shape index (κ2) is 5.78. The number of hydrogen-bond acceptors (Lipinski definition) is 3. The van der Waals surface area contributed by atoms with Crippen molar-refractivity contribution in [2.24, 2.45) is 0 Å². The van der Waals surface area contributed by atoms with E-state index in [0.717, 1.165) is 40.2 Å². The molecule has 1 aliphatic rings. The van der Waals surface area contributed by atoms with Crippen LogP contribution in [0, 0.1) is 13.8 Å². The highest BCUT2D eigenvalue weighted by atomic mass is 16.5. The van der Waals surface area contributed by atoms with Crippen LogP contribution in [-0.4, -0.2) is 18.3 Å². The lowest BCUT2D eigenvalue weighted by atomic mass is 9.93. The molecular formula is C18H20O3. The van der Waals surface area contributed by atoms with Crippen molar-refractivity contribution in [3.05, 3.63) is 58.7 Å². The van der Waals surface area contributed by atoms with Crippen LogP contribution in [0.2, 0.25) is 0 Å². The van der Waals surface area contributed by atoms with Crippen LogP contribution in [0.5, 0.6) is 11.5 Å². The zero-order valence-corrected chi connectivity index (χ0v) is 12.4. The van der Waals surface area contributed by atoms with Crippen molar-refractivity contribution >= 4 is 0 Å².